The van der Waals surface area contributed by atoms with Gasteiger partial charge in [0.1, 0.15) is 45.7 Å². The third kappa shape index (κ3) is 21.0. The van der Waals surface area contributed by atoms with Crippen molar-refractivity contribution in [3.05, 3.63) is 191 Å². The van der Waals surface area contributed by atoms with Crippen molar-refractivity contribution in [2.45, 2.75) is 128 Å². The molecule has 0 radical (unpaired) electrons. The van der Waals surface area contributed by atoms with E-state index in [1.54, 1.807) is 78.9 Å². The summed E-state index contributed by atoms with van der Waals surface area (Å²) < 4.78 is 126. The second-order valence-electron chi connectivity index (χ2n) is 27.2. The third-order valence-corrected chi connectivity index (χ3v) is 18.4. The van der Waals surface area contributed by atoms with Crippen molar-refractivity contribution in [1.29, 1.82) is 0 Å². The van der Waals surface area contributed by atoms with Crippen molar-refractivity contribution in [3.63, 3.8) is 0 Å². The molecule has 6 aromatic carbocycles. The number of alkyl halides is 9. The summed E-state index contributed by atoms with van der Waals surface area (Å²) in [7, 11) is 1.47. The fraction of sp³-hybridized carbons (Fsp3) is 0.269. The number of aromatic nitrogens is 8. The topological polar surface area (TPSA) is 354 Å². The summed E-state index contributed by atoms with van der Waals surface area (Å²) in [4.78, 5) is 89.5. The number of anilines is 19. The van der Waals surface area contributed by atoms with Gasteiger partial charge in [-0.1, -0.05) is 6.07 Å². The highest BCUT2D eigenvalue weighted by Crippen LogP contribution is 2.41. The molecule has 6 aliphatic rings. The fourth-order valence-corrected chi connectivity index (χ4v) is 12.2. The maximum absolute atomic E-state index is 13.5. The van der Waals surface area contributed by atoms with Gasteiger partial charge in [-0.3, -0.25) is 24.0 Å². The Hall–Kier alpha value is -13.4. The minimum atomic E-state index is -4.67. The number of rotatable bonds is 18. The van der Waals surface area contributed by atoms with Crippen LogP contribution in [0.4, 0.5) is 149 Å². The molecule has 5 amide bonds. The number of halogens is 9. The Morgan fingerprint density at radius 2 is 0.728 bits per heavy atom. The Morgan fingerprint density at radius 1 is 0.395 bits per heavy atom. The van der Waals surface area contributed by atoms with Crippen LogP contribution in [0.2, 0.25) is 0 Å². The number of hydrogen-bond acceptors (Lipinski definition) is 22. The Kier molecular flexibility index (Phi) is 23.5. The number of nitrogens with zero attached hydrogens (tertiary/aromatic N) is 8. The van der Waals surface area contributed by atoms with Crippen LogP contribution in [0.3, 0.4) is 0 Å². The van der Waals surface area contributed by atoms with E-state index in [0.717, 1.165) is 94.5 Å². The second-order valence-corrected chi connectivity index (χ2v) is 27.2. The molecule has 4 aromatic heterocycles. The van der Waals surface area contributed by atoms with E-state index in [1.165, 1.54) is 39.0 Å². The molecule has 590 valence electrons. The van der Waals surface area contributed by atoms with Crippen molar-refractivity contribution in [2.75, 3.05) is 76.2 Å². The summed E-state index contributed by atoms with van der Waals surface area (Å²) >= 11 is 0. The molecule has 2 saturated carbocycles. The summed E-state index contributed by atoms with van der Waals surface area (Å²) in [5.41, 5.74) is 9.17. The Labute approximate surface area is 645 Å². The second kappa shape index (κ2) is 34.0. The zero-order valence-corrected chi connectivity index (χ0v) is 61.1. The quantitative estimate of drug-likeness (QED) is 0.0355. The van der Waals surface area contributed by atoms with E-state index in [2.05, 4.69) is 109 Å². The molecule has 16 rings (SSSR count). The van der Waals surface area contributed by atoms with Gasteiger partial charge in [0.25, 0.3) is 0 Å². The standard InChI is InChI=1S/C22H19F3N6O2.C21H18F3N5O2.C18H18F3N5O.C17H19N5O/c1-12(32)27-14-3-5-15(6-4-14)28-20-17(22(23,24)25)11-26-21(31-20)29-16-7-8-18-13(10-16)2-9-19(33)30-18;1-31-15-4-2-3-13(10-15)26-19-16(21(22,23)24)11-25-20(29-19)27-14-6-7-17-12(9-14)5-8-18(30)28-17;19-18(20,21)13-9-22-17(26-16(13)23-11-2-1-3-11)24-12-5-6-14-10(8-12)4-7-15(27)25-14;1-10-9-18-17(22-16(10)19-12-3-4-12)20-13-5-6-14-11(8-13)2-7-15(23)21-14/h3-8,10-11H,2,9H2,1H3,(H,27,32)(H,30,33)(H2,26,28,29,31);2-4,6-7,9-11H,5,8H2,1H3,(H,28,30)(H2,25,26,27,29);5-6,8-9,11H,1-4,7H2,(H,25,27)(H2,22,23,24,26);5-6,8-9,12H,2-4,7H2,1H3,(H,21,23)(H2,18,19,20,22). The van der Waals surface area contributed by atoms with Crippen LogP contribution in [0.1, 0.15) is 109 Å². The van der Waals surface area contributed by atoms with E-state index in [9.17, 15) is 63.5 Å². The van der Waals surface area contributed by atoms with E-state index < -0.39 is 41.0 Å². The molecule has 0 bridgehead atoms. The van der Waals surface area contributed by atoms with E-state index in [4.69, 9.17) is 4.74 Å². The lowest BCUT2D eigenvalue weighted by molar-refractivity contribution is -0.138. The maximum atomic E-state index is 13.5. The molecule has 0 unspecified atom stereocenters. The molecule has 2 fully saturated rings. The summed E-state index contributed by atoms with van der Waals surface area (Å²) in [6.07, 6.45) is -0.462. The van der Waals surface area contributed by atoms with Gasteiger partial charge in [0.05, 0.1) is 7.11 Å². The van der Waals surface area contributed by atoms with Crippen LogP contribution >= 0.6 is 0 Å². The first-order valence-corrected chi connectivity index (χ1v) is 36.1. The predicted molar refractivity (Wildman–Crippen MR) is 413 cm³/mol. The predicted octanol–water partition coefficient (Wildman–Crippen LogP) is 16.8. The number of benzene rings is 6. The van der Waals surface area contributed by atoms with Crippen LogP contribution in [-0.2, 0) is 68.2 Å². The van der Waals surface area contributed by atoms with Crippen molar-refractivity contribution >= 4 is 139 Å². The van der Waals surface area contributed by atoms with Crippen molar-refractivity contribution in [1.82, 2.24) is 39.9 Å². The average molecular weight is 1570 g/mol. The highest BCUT2D eigenvalue weighted by molar-refractivity contribution is 5.97. The normalized spacial score (nSPS) is 14.7. The lowest BCUT2D eigenvalue weighted by Crippen LogP contribution is -2.29. The summed E-state index contributed by atoms with van der Waals surface area (Å²) in [6, 6.07) is 34.9. The van der Waals surface area contributed by atoms with Crippen molar-refractivity contribution in [3.8, 4) is 5.75 Å². The van der Waals surface area contributed by atoms with Crippen LogP contribution in [0.15, 0.2) is 146 Å². The molecule has 36 heteroatoms. The number of carbonyl (C=O) groups is 5. The molecule has 2 aliphatic carbocycles. The zero-order valence-electron chi connectivity index (χ0n) is 61.1. The van der Waals surface area contributed by atoms with Gasteiger partial charge in [-0.15, -0.1) is 0 Å². The molecular weight excluding hydrogens is 1500 g/mol. The van der Waals surface area contributed by atoms with Gasteiger partial charge in [-0.2, -0.15) is 59.4 Å². The molecule has 8 heterocycles. The fourth-order valence-electron chi connectivity index (χ4n) is 12.2. The highest BCUT2D eigenvalue weighted by Gasteiger charge is 2.39. The van der Waals surface area contributed by atoms with Gasteiger partial charge in [0, 0.05) is 144 Å². The van der Waals surface area contributed by atoms with Crippen LogP contribution in [0.5, 0.6) is 5.75 Å². The number of carbonyl (C=O) groups excluding carboxylic acids is 5. The molecule has 10 aromatic rings. The number of ether oxygens (including phenoxy) is 1. The molecule has 27 nitrogen and oxygen atoms in total. The number of amides is 5. The molecule has 114 heavy (non-hydrogen) atoms. The van der Waals surface area contributed by atoms with Crippen LogP contribution in [-0.4, -0.2) is 88.6 Å². The number of hydrogen-bond donors (Lipinski definition) is 13. The lowest BCUT2D eigenvalue weighted by Gasteiger charge is -2.28. The Morgan fingerprint density at radius 3 is 1.10 bits per heavy atom. The van der Waals surface area contributed by atoms with E-state index in [1.807, 2.05) is 43.5 Å². The maximum Gasteiger partial charge on any atom is 0.421 e. The van der Waals surface area contributed by atoms with Crippen molar-refractivity contribution in [2.24, 2.45) is 0 Å². The first-order chi connectivity index (χ1) is 54.5. The van der Waals surface area contributed by atoms with E-state index in [-0.39, 0.29) is 65.1 Å². The number of nitrogens with one attached hydrogen (secondary N) is 13. The number of methoxy groups -OCH3 is 1. The van der Waals surface area contributed by atoms with Crippen molar-refractivity contribution < 1.29 is 68.2 Å². The number of fused-ring (bicyclic) bond motifs is 4. The van der Waals surface area contributed by atoms with Crippen LogP contribution in [0.25, 0.3) is 0 Å². The number of aryl methyl sites for hydroxylation is 5. The lowest BCUT2D eigenvalue weighted by atomic mass is 9.93. The van der Waals surface area contributed by atoms with Crippen LogP contribution in [0, 0.1) is 6.92 Å². The van der Waals surface area contributed by atoms with Gasteiger partial charge in [-0.25, -0.2) is 19.9 Å². The summed E-state index contributed by atoms with van der Waals surface area (Å²) in [6.45, 7) is 3.37. The molecule has 0 saturated heterocycles. The van der Waals surface area contributed by atoms with Gasteiger partial charge >= 0.3 is 18.5 Å². The molecule has 0 atom stereocenters. The molecule has 4 aliphatic heterocycles. The molecule has 13 N–H and O–H groups in total. The SMILES string of the molecule is CC(=O)Nc1ccc(Nc2nc(Nc3ccc4c(c3)CCC(=O)N4)ncc2C(F)(F)F)cc1.COc1cccc(Nc2nc(Nc3ccc4c(c3)CCC(=O)N4)ncc2C(F)(F)F)c1.Cc1cnc(Nc2ccc3c(c2)CCC(=O)N3)nc1NC1CC1.O=C1CCc2cc(Nc3ncc(C(F)(F)F)c(NC4CCC4)n3)ccc2N1. The molecular formula is C78H74F9N21O6. The van der Waals surface area contributed by atoms with E-state index >= 15 is 0 Å². The summed E-state index contributed by atoms with van der Waals surface area (Å²) in [5, 5.41) is 37.5. The minimum absolute atomic E-state index is 0.00167. The average Bonchev–Trinajstić information content (AvgIpc) is 1.15. The smallest absolute Gasteiger partial charge is 0.421 e. The highest BCUT2D eigenvalue weighted by atomic mass is 19.4. The van der Waals surface area contributed by atoms with Crippen LogP contribution < -0.4 is 73.9 Å². The van der Waals surface area contributed by atoms with Gasteiger partial charge < -0.3 is 73.9 Å². The monoisotopic (exact) mass is 1570 g/mol. The first kappa shape index (κ1) is 78.7. The Balaban J connectivity index is 0.000000134. The minimum Gasteiger partial charge on any atom is -0.497 e. The largest absolute Gasteiger partial charge is 0.497 e. The van der Waals surface area contributed by atoms with E-state index in [0.29, 0.717) is 109 Å². The zero-order chi connectivity index (χ0) is 80.4. The van der Waals surface area contributed by atoms with Gasteiger partial charge in [-0.05, 0) is 196 Å². The Bertz CT molecular complexity index is 5280. The molecule has 0 spiro atoms. The third-order valence-electron chi connectivity index (χ3n) is 18.4. The first-order valence-electron chi connectivity index (χ1n) is 36.1. The van der Waals surface area contributed by atoms with Gasteiger partial charge in [0.15, 0.2) is 0 Å². The van der Waals surface area contributed by atoms with Gasteiger partial charge in [0.2, 0.25) is 53.3 Å². The summed E-state index contributed by atoms with van der Waals surface area (Å²) in [5.74, 6) is 0.713.